The Morgan fingerprint density at radius 3 is 2.62 bits per heavy atom. The topological polar surface area (TPSA) is 46.2 Å². The first kappa shape index (κ1) is 13.4. The van der Waals surface area contributed by atoms with Gasteiger partial charge in [0, 0.05) is 16.3 Å². The number of aliphatic hydroxyl groups is 1. The summed E-state index contributed by atoms with van der Waals surface area (Å²) in [5.41, 5.74) is 7.10. The van der Waals surface area contributed by atoms with Crippen LogP contribution in [0.4, 0.5) is 5.69 Å². The highest BCUT2D eigenvalue weighted by atomic mass is 32.2. The van der Waals surface area contributed by atoms with Crippen LogP contribution in [0.2, 0.25) is 0 Å². The number of nitrogen functional groups attached to an aromatic ring is 1. The van der Waals surface area contributed by atoms with Gasteiger partial charge in [-0.3, -0.25) is 0 Å². The molecule has 0 radical (unpaired) electrons. The molecule has 0 saturated heterocycles. The number of benzene rings is 1. The molecule has 90 valence electrons. The molecule has 3 heteroatoms. The Hall–Kier alpha value is -0.670. The molecule has 16 heavy (non-hydrogen) atoms. The summed E-state index contributed by atoms with van der Waals surface area (Å²) in [4.78, 5) is 1.15. The zero-order valence-corrected chi connectivity index (χ0v) is 11.3. The van der Waals surface area contributed by atoms with E-state index in [0.717, 1.165) is 10.6 Å². The summed E-state index contributed by atoms with van der Waals surface area (Å²) < 4.78 is 0. The van der Waals surface area contributed by atoms with Gasteiger partial charge in [-0.2, -0.15) is 0 Å². The second kappa shape index (κ2) is 5.11. The predicted octanol–water partition coefficient (Wildman–Crippen LogP) is 3.08. The number of nitrogens with two attached hydrogens (primary N) is 1. The fraction of sp³-hybridized carbons (Fsp3) is 0.538. The van der Waals surface area contributed by atoms with Gasteiger partial charge in [0.25, 0.3) is 0 Å². The van der Waals surface area contributed by atoms with E-state index in [2.05, 4.69) is 6.92 Å². The Balaban J connectivity index is 2.71. The van der Waals surface area contributed by atoms with Crippen LogP contribution in [0.1, 0.15) is 26.3 Å². The van der Waals surface area contributed by atoms with Gasteiger partial charge in [0.1, 0.15) is 0 Å². The fourth-order valence-electron chi connectivity index (χ4n) is 1.16. The molecular weight excluding hydrogens is 218 g/mol. The van der Waals surface area contributed by atoms with Crippen molar-refractivity contribution < 1.29 is 5.11 Å². The highest BCUT2D eigenvalue weighted by molar-refractivity contribution is 7.99. The molecule has 1 aromatic rings. The molecule has 0 aliphatic rings. The molecule has 2 nitrogen and oxygen atoms in total. The molecule has 0 saturated carbocycles. The van der Waals surface area contributed by atoms with E-state index in [4.69, 9.17) is 5.73 Å². The van der Waals surface area contributed by atoms with Crippen molar-refractivity contribution in [1.29, 1.82) is 0 Å². The minimum atomic E-state index is -0.637. The molecule has 0 fully saturated rings. The Bertz CT molecular complexity index is 361. The molecule has 0 aliphatic carbocycles. The molecule has 1 rings (SSSR count). The van der Waals surface area contributed by atoms with E-state index in [1.165, 1.54) is 5.56 Å². The standard InChI is InChI=1S/C13H21NOS/c1-9(2)13(4,15)8-16-12-7-11(14)6-5-10(12)3/h5-7,9,15H,8,14H2,1-4H3. The Morgan fingerprint density at radius 2 is 2.06 bits per heavy atom. The van der Waals surface area contributed by atoms with Crippen LogP contribution in [-0.2, 0) is 0 Å². The van der Waals surface area contributed by atoms with Crippen LogP contribution in [0.15, 0.2) is 23.1 Å². The van der Waals surface area contributed by atoms with Gasteiger partial charge in [-0.15, -0.1) is 11.8 Å². The van der Waals surface area contributed by atoms with Crippen molar-refractivity contribution in [2.24, 2.45) is 5.92 Å². The highest BCUT2D eigenvalue weighted by Crippen LogP contribution is 2.30. The maximum absolute atomic E-state index is 10.2. The van der Waals surface area contributed by atoms with Gasteiger partial charge in [-0.05, 0) is 37.5 Å². The molecule has 0 amide bonds. The van der Waals surface area contributed by atoms with E-state index in [1.54, 1.807) is 11.8 Å². The van der Waals surface area contributed by atoms with Crippen molar-refractivity contribution >= 4 is 17.4 Å². The zero-order valence-electron chi connectivity index (χ0n) is 10.4. The summed E-state index contributed by atoms with van der Waals surface area (Å²) in [6.07, 6.45) is 0. The molecule has 1 aromatic carbocycles. The van der Waals surface area contributed by atoms with Crippen LogP contribution in [0, 0.1) is 12.8 Å². The summed E-state index contributed by atoms with van der Waals surface area (Å²) >= 11 is 1.67. The highest BCUT2D eigenvalue weighted by Gasteiger charge is 2.25. The lowest BCUT2D eigenvalue weighted by Crippen LogP contribution is -2.33. The van der Waals surface area contributed by atoms with Gasteiger partial charge < -0.3 is 10.8 Å². The normalized spacial score (nSPS) is 15.1. The summed E-state index contributed by atoms with van der Waals surface area (Å²) in [6.45, 7) is 8.01. The van der Waals surface area contributed by atoms with Crippen molar-refractivity contribution in [3.63, 3.8) is 0 Å². The Morgan fingerprint density at radius 1 is 1.44 bits per heavy atom. The second-order valence-electron chi connectivity index (χ2n) is 4.83. The molecule has 1 unspecified atom stereocenters. The van der Waals surface area contributed by atoms with Crippen molar-refractivity contribution in [2.45, 2.75) is 38.2 Å². The van der Waals surface area contributed by atoms with Crippen LogP contribution >= 0.6 is 11.8 Å². The van der Waals surface area contributed by atoms with Crippen LogP contribution in [0.25, 0.3) is 0 Å². The minimum absolute atomic E-state index is 0.251. The van der Waals surface area contributed by atoms with Gasteiger partial charge >= 0.3 is 0 Å². The Kier molecular flexibility index (Phi) is 4.28. The number of thioether (sulfide) groups is 1. The van der Waals surface area contributed by atoms with E-state index >= 15 is 0 Å². The lowest BCUT2D eigenvalue weighted by atomic mass is 9.95. The molecule has 0 aliphatic heterocycles. The number of hydrogen-bond donors (Lipinski definition) is 2. The van der Waals surface area contributed by atoms with Gasteiger partial charge in [0.15, 0.2) is 0 Å². The third-order valence-corrected chi connectivity index (χ3v) is 4.46. The van der Waals surface area contributed by atoms with Crippen LogP contribution in [0.3, 0.4) is 0 Å². The van der Waals surface area contributed by atoms with Crippen molar-refractivity contribution in [1.82, 2.24) is 0 Å². The maximum atomic E-state index is 10.2. The lowest BCUT2D eigenvalue weighted by Gasteiger charge is -2.27. The summed E-state index contributed by atoms with van der Waals surface area (Å²) in [5, 5.41) is 10.2. The van der Waals surface area contributed by atoms with E-state index in [0.29, 0.717) is 5.75 Å². The van der Waals surface area contributed by atoms with E-state index in [9.17, 15) is 5.11 Å². The monoisotopic (exact) mass is 239 g/mol. The average molecular weight is 239 g/mol. The van der Waals surface area contributed by atoms with Gasteiger partial charge in [-0.25, -0.2) is 0 Å². The molecule has 3 N–H and O–H groups in total. The quantitative estimate of drug-likeness (QED) is 0.627. The molecule has 0 heterocycles. The number of aryl methyl sites for hydroxylation is 1. The predicted molar refractivity (Wildman–Crippen MR) is 71.8 cm³/mol. The lowest BCUT2D eigenvalue weighted by molar-refractivity contribution is 0.0376. The molecule has 0 aromatic heterocycles. The van der Waals surface area contributed by atoms with Crippen molar-refractivity contribution in [2.75, 3.05) is 11.5 Å². The fourth-order valence-corrected chi connectivity index (χ4v) is 2.46. The van der Waals surface area contributed by atoms with Crippen LogP contribution in [-0.4, -0.2) is 16.5 Å². The zero-order chi connectivity index (χ0) is 12.3. The third kappa shape index (κ3) is 3.42. The summed E-state index contributed by atoms with van der Waals surface area (Å²) in [7, 11) is 0. The molecular formula is C13H21NOS. The molecule has 0 bridgehead atoms. The number of anilines is 1. The van der Waals surface area contributed by atoms with Crippen LogP contribution in [0.5, 0.6) is 0 Å². The smallest absolute Gasteiger partial charge is 0.0736 e. The summed E-state index contributed by atoms with van der Waals surface area (Å²) in [6, 6.07) is 5.89. The average Bonchev–Trinajstić information content (AvgIpc) is 2.19. The first-order valence-corrected chi connectivity index (χ1v) is 6.53. The van der Waals surface area contributed by atoms with Crippen molar-refractivity contribution in [3.8, 4) is 0 Å². The van der Waals surface area contributed by atoms with E-state index < -0.39 is 5.60 Å². The van der Waals surface area contributed by atoms with E-state index in [1.807, 2.05) is 39.0 Å². The number of hydrogen-bond acceptors (Lipinski definition) is 3. The van der Waals surface area contributed by atoms with E-state index in [-0.39, 0.29) is 5.92 Å². The van der Waals surface area contributed by atoms with Gasteiger partial charge in [-0.1, -0.05) is 19.9 Å². The SMILES string of the molecule is Cc1ccc(N)cc1SCC(C)(O)C(C)C. The first-order chi connectivity index (χ1) is 7.33. The largest absolute Gasteiger partial charge is 0.399 e. The van der Waals surface area contributed by atoms with Crippen LogP contribution < -0.4 is 5.73 Å². The summed E-state index contributed by atoms with van der Waals surface area (Å²) in [5.74, 6) is 0.941. The minimum Gasteiger partial charge on any atom is -0.399 e. The maximum Gasteiger partial charge on any atom is 0.0736 e. The number of rotatable bonds is 4. The van der Waals surface area contributed by atoms with Crippen molar-refractivity contribution in [3.05, 3.63) is 23.8 Å². The Labute approximate surface area is 102 Å². The molecule has 1 atom stereocenters. The second-order valence-corrected chi connectivity index (χ2v) is 5.84. The first-order valence-electron chi connectivity index (χ1n) is 5.54. The third-order valence-electron chi connectivity index (χ3n) is 2.98. The molecule has 0 spiro atoms. The van der Waals surface area contributed by atoms with Gasteiger partial charge in [0.2, 0.25) is 0 Å². The van der Waals surface area contributed by atoms with Gasteiger partial charge in [0.05, 0.1) is 5.60 Å².